The minimum Gasteiger partial charge on any atom is -0.261 e. The van der Waals surface area contributed by atoms with Gasteiger partial charge in [-0.15, -0.1) is 3.89 Å². The van der Waals surface area contributed by atoms with Crippen molar-refractivity contribution in [1.82, 2.24) is 4.98 Å². The lowest BCUT2D eigenvalue weighted by molar-refractivity contribution is 0.551. The molecule has 0 aliphatic heterocycles. The molecule has 12 heavy (non-hydrogen) atoms. The number of hydrogen-bond acceptors (Lipinski definition) is 3. The zero-order valence-corrected chi connectivity index (χ0v) is 7.31. The Morgan fingerprint density at radius 3 is 2.75 bits per heavy atom. The van der Waals surface area contributed by atoms with Gasteiger partial charge in [0.15, 0.2) is 0 Å². The van der Waals surface area contributed by atoms with Gasteiger partial charge in [0.05, 0.1) is 0 Å². The van der Waals surface area contributed by atoms with E-state index in [2.05, 4.69) is 4.98 Å². The fourth-order valence-electron chi connectivity index (χ4n) is 0.856. The predicted molar refractivity (Wildman–Crippen MR) is 42.7 cm³/mol. The maximum Gasteiger partial charge on any atom is 0.306 e. The maximum atomic E-state index is 12.2. The molecule has 0 aliphatic rings. The highest BCUT2D eigenvalue weighted by molar-refractivity contribution is 7.85. The van der Waals surface area contributed by atoms with Crippen LogP contribution in [0.1, 0.15) is 11.3 Å². The molecule has 0 bridgehead atoms. The highest BCUT2D eigenvalue weighted by Crippen LogP contribution is 2.09. The van der Waals surface area contributed by atoms with Gasteiger partial charge in [0.2, 0.25) is 0 Å². The normalized spacial score (nSPS) is 11.5. The molecule has 0 fully saturated rings. The lowest BCUT2D eigenvalue weighted by Crippen LogP contribution is -1.99. The van der Waals surface area contributed by atoms with Gasteiger partial charge in [-0.3, -0.25) is 4.98 Å². The number of pyridine rings is 1. The van der Waals surface area contributed by atoms with E-state index in [1.54, 1.807) is 19.1 Å². The lowest BCUT2D eigenvalue weighted by Gasteiger charge is -1.99. The van der Waals surface area contributed by atoms with Gasteiger partial charge < -0.3 is 0 Å². The Balaban J connectivity index is 2.98. The zero-order chi connectivity index (χ0) is 9.19. The third-order valence-corrected chi connectivity index (χ3v) is 2.10. The van der Waals surface area contributed by atoms with Crippen molar-refractivity contribution in [3.05, 3.63) is 29.6 Å². The van der Waals surface area contributed by atoms with E-state index in [4.69, 9.17) is 0 Å². The Morgan fingerprint density at radius 1 is 1.58 bits per heavy atom. The first-order valence-electron chi connectivity index (χ1n) is 3.32. The van der Waals surface area contributed by atoms with Crippen LogP contribution in [-0.2, 0) is 16.0 Å². The van der Waals surface area contributed by atoms with E-state index < -0.39 is 16.0 Å². The second-order valence-corrected chi connectivity index (χ2v) is 3.80. The quantitative estimate of drug-likeness (QED) is 0.656. The molecular weight excluding hydrogens is 181 g/mol. The number of rotatable bonds is 2. The van der Waals surface area contributed by atoms with Crippen LogP contribution in [-0.4, -0.2) is 13.4 Å². The molecule has 66 valence electrons. The fraction of sp³-hybridized carbons (Fsp3) is 0.286. The first-order valence-corrected chi connectivity index (χ1v) is 4.87. The van der Waals surface area contributed by atoms with Crippen LogP contribution in [0.5, 0.6) is 0 Å². The van der Waals surface area contributed by atoms with Crippen molar-refractivity contribution in [2.75, 3.05) is 0 Å². The summed E-state index contributed by atoms with van der Waals surface area (Å²) in [6.45, 7) is 1.64. The topological polar surface area (TPSA) is 47.0 Å². The Morgan fingerprint density at radius 2 is 2.25 bits per heavy atom. The number of halogens is 1. The van der Waals surface area contributed by atoms with Crippen LogP contribution in [0.4, 0.5) is 3.89 Å². The van der Waals surface area contributed by atoms with Gasteiger partial charge in [-0.1, -0.05) is 6.07 Å². The number of hydrogen-bond donors (Lipinski definition) is 0. The van der Waals surface area contributed by atoms with E-state index in [0.717, 1.165) is 0 Å². The molecule has 0 saturated carbocycles. The molecule has 0 spiro atoms. The highest BCUT2D eigenvalue weighted by Gasteiger charge is 2.10. The van der Waals surface area contributed by atoms with Gasteiger partial charge in [-0.05, 0) is 18.6 Å². The smallest absolute Gasteiger partial charge is 0.261 e. The molecule has 1 rings (SSSR count). The lowest BCUT2D eigenvalue weighted by atomic mass is 10.2. The molecule has 5 heteroatoms. The largest absolute Gasteiger partial charge is 0.306 e. The Hall–Kier alpha value is -0.970. The first-order chi connectivity index (χ1) is 5.49. The third-order valence-electron chi connectivity index (χ3n) is 1.44. The Labute approximate surface area is 70.5 Å². The summed E-state index contributed by atoms with van der Waals surface area (Å²) < 4.78 is 32.7. The van der Waals surface area contributed by atoms with Crippen molar-refractivity contribution in [2.45, 2.75) is 12.7 Å². The predicted octanol–water partition coefficient (Wildman–Crippen LogP) is 1.19. The van der Waals surface area contributed by atoms with E-state index in [0.29, 0.717) is 11.3 Å². The van der Waals surface area contributed by atoms with Crippen LogP contribution >= 0.6 is 0 Å². The average molecular weight is 189 g/mol. The molecule has 0 radical (unpaired) electrons. The van der Waals surface area contributed by atoms with E-state index in [1.165, 1.54) is 6.20 Å². The molecule has 0 saturated heterocycles. The van der Waals surface area contributed by atoms with Gasteiger partial charge in [0.25, 0.3) is 0 Å². The van der Waals surface area contributed by atoms with Crippen LogP contribution in [0, 0.1) is 6.92 Å². The number of nitrogens with zero attached hydrogens (tertiary/aromatic N) is 1. The van der Waals surface area contributed by atoms with Crippen LogP contribution in [0.3, 0.4) is 0 Å². The molecule has 1 heterocycles. The highest BCUT2D eigenvalue weighted by atomic mass is 32.3. The SMILES string of the molecule is Cc1ncccc1CS(=O)(=O)F. The molecule has 0 N–H and O–H groups in total. The van der Waals surface area contributed by atoms with Gasteiger partial charge in [0, 0.05) is 11.9 Å². The summed E-state index contributed by atoms with van der Waals surface area (Å²) in [7, 11) is -4.44. The van der Waals surface area contributed by atoms with Crippen molar-refractivity contribution in [3.8, 4) is 0 Å². The van der Waals surface area contributed by atoms with E-state index in [-0.39, 0.29) is 0 Å². The van der Waals surface area contributed by atoms with E-state index in [9.17, 15) is 12.3 Å². The maximum absolute atomic E-state index is 12.2. The summed E-state index contributed by atoms with van der Waals surface area (Å²) in [4.78, 5) is 3.83. The molecule has 3 nitrogen and oxygen atoms in total. The molecule has 0 aliphatic carbocycles. The Bertz CT molecular complexity index is 375. The summed E-state index contributed by atoms with van der Waals surface area (Å²) >= 11 is 0. The third kappa shape index (κ3) is 2.58. The van der Waals surface area contributed by atoms with Crippen molar-refractivity contribution in [1.29, 1.82) is 0 Å². The summed E-state index contributed by atoms with van der Waals surface area (Å²) in [5.41, 5.74) is 0.943. The number of aromatic nitrogens is 1. The van der Waals surface area contributed by atoms with Crippen molar-refractivity contribution >= 4 is 10.2 Å². The van der Waals surface area contributed by atoms with Crippen molar-refractivity contribution in [3.63, 3.8) is 0 Å². The monoisotopic (exact) mass is 189 g/mol. The standard InChI is InChI=1S/C7H8FNO2S/c1-6-7(3-2-4-9-6)5-12(8,10)11/h2-4H,5H2,1H3. The summed E-state index contributed by atoms with van der Waals surface area (Å²) in [5, 5.41) is 0. The minimum atomic E-state index is -4.44. The molecule has 0 amide bonds. The summed E-state index contributed by atoms with van der Waals surface area (Å²) in [6, 6.07) is 3.12. The molecule has 1 aromatic rings. The van der Waals surface area contributed by atoms with Gasteiger partial charge >= 0.3 is 10.2 Å². The first kappa shape index (κ1) is 9.12. The molecule has 0 aromatic carbocycles. The van der Waals surface area contributed by atoms with Gasteiger partial charge in [-0.2, -0.15) is 8.42 Å². The van der Waals surface area contributed by atoms with Crippen LogP contribution in [0.15, 0.2) is 18.3 Å². The minimum absolute atomic E-state index is 0.403. The second-order valence-electron chi connectivity index (χ2n) is 2.43. The van der Waals surface area contributed by atoms with Crippen molar-refractivity contribution < 1.29 is 12.3 Å². The second kappa shape index (κ2) is 3.18. The molecule has 0 atom stereocenters. The van der Waals surface area contributed by atoms with E-state index >= 15 is 0 Å². The zero-order valence-electron chi connectivity index (χ0n) is 6.49. The van der Waals surface area contributed by atoms with Crippen LogP contribution < -0.4 is 0 Å². The fourth-order valence-corrected chi connectivity index (χ4v) is 1.53. The molecule has 0 unspecified atom stereocenters. The molecular formula is C7H8FNO2S. The van der Waals surface area contributed by atoms with Crippen molar-refractivity contribution in [2.24, 2.45) is 0 Å². The van der Waals surface area contributed by atoms with Gasteiger partial charge in [-0.25, -0.2) is 0 Å². The van der Waals surface area contributed by atoms with Crippen LogP contribution in [0.25, 0.3) is 0 Å². The van der Waals surface area contributed by atoms with Crippen LogP contribution in [0.2, 0.25) is 0 Å². The Kier molecular flexibility index (Phi) is 2.42. The molecule has 1 aromatic heterocycles. The van der Waals surface area contributed by atoms with E-state index in [1.807, 2.05) is 0 Å². The summed E-state index contributed by atoms with van der Waals surface area (Å²) in [6.07, 6.45) is 1.53. The number of aryl methyl sites for hydroxylation is 1. The average Bonchev–Trinajstić information content (AvgIpc) is 1.91. The van der Waals surface area contributed by atoms with Gasteiger partial charge in [0.1, 0.15) is 5.75 Å². The summed E-state index contributed by atoms with van der Waals surface area (Å²) in [5.74, 6) is -0.591.